The third-order valence-electron chi connectivity index (χ3n) is 5.58. The number of hydrogen-bond acceptors (Lipinski definition) is 4. The second-order valence-electron chi connectivity index (χ2n) is 7.51. The fraction of sp³-hybridized carbons (Fsp3) is 0.478. The molecule has 1 aliphatic rings. The Morgan fingerprint density at radius 2 is 1.68 bits per heavy atom. The van der Waals surface area contributed by atoms with E-state index < -0.39 is 9.84 Å². The third kappa shape index (κ3) is 5.43. The molecule has 1 atom stereocenters. The summed E-state index contributed by atoms with van der Waals surface area (Å²) < 4.78 is 29.8. The summed E-state index contributed by atoms with van der Waals surface area (Å²) in [4.78, 5) is 2.92. The molecule has 0 saturated carbocycles. The second-order valence-corrected chi connectivity index (χ2v) is 9.62. The van der Waals surface area contributed by atoms with E-state index in [1.165, 1.54) is 24.9 Å². The van der Waals surface area contributed by atoms with E-state index in [4.69, 9.17) is 4.74 Å². The van der Waals surface area contributed by atoms with Crippen molar-refractivity contribution in [2.45, 2.75) is 44.0 Å². The van der Waals surface area contributed by atoms with Crippen molar-refractivity contribution in [3.05, 3.63) is 54.1 Å². The number of rotatable bonds is 9. The molecule has 0 radical (unpaired) electrons. The molecular formula is C23H31NO3S. The van der Waals surface area contributed by atoms with Gasteiger partial charge in [0.25, 0.3) is 0 Å². The van der Waals surface area contributed by atoms with Gasteiger partial charge < -0.3 is 9.64 Å². The van der Waals surface area contributed by atoms with Gasteiger partial charge in [-0.1, -0.05) is 36.4 Å². The fourth-order valence-electron chi connectivity index (χ4n) is 3.75. The van der Waals surface area contributed by atoms with Crippen molar-refractivity contribution in [1.82, 2.24) is 4.90 Å². The Morgan fingerprint density at radius 3 is 2.25 bits per heavy atom. The molecule has 2 aromatic carbocycles. The molecule has 3 rings (SSSR count). The number of sulfone groups is 1. The zero-order valence-corrected chi connectivity index (χ0v) is 17.7. The van der Waals surface area contributed by atoms with Gasteiger partial charge in [-0.2, -0.15) is 0 Å². The second kappa shape index (κ2) is 9.68. The lowest BCUT2D eigenvalue weighted by Gasteiger charge is -2.20. The third-order valence-corrected chi connectivity index (χ3v) is 7.27. The lowest BCUT2D eigenvalue weighted by molar-refractivity contribution is 0.163. The number of ether oxygens (including phenoxy) is 1. The van der Waals surface area contributed by atoms with Crippen LogP contribution in [0.3, 0.4) is 0 Å². The Morgan fingerprint density at radius 1 is 1.04 bits per heavy atom. The van der Waals surface area contributed by atoms with E-state index in [0.717, 1.165) is 24.1 Å². The minimum atomic E-state index is -3.29. The highest BCUT2D eigenvalue weighted by Crippen LogP contribution is 2.23. The topological polar surface area (TPSA) is 46.6 Å². The van der Waals surface area contributed by atoms with Gasteiger partial charge in [-0.05, 0) is 68.5 Å². The Bertz CT molecular complexity index is 844. The van der Waals surface area contributed by atoms with Crippen LogP contribution >= 0.6 is 0 Å². The van der Waals surface area contributed by atoms with E-state index in [9.17, 15) is 8.42 Å². The minimum absolute atomic E-state index is 0.0184. The Balaban J connectivity index is 1.60. The van der Waals surface area contributed by atoms with Crippen molar-refractivity contribution in [3.8, 4) is 11.1 Å². The highest BCUT2D eigenvalue weighted by atomic mass is 32.2. The summed E-state index contributed by atoms with van der Waals surface area (Å²) >= 11 is 0. The predicted molar refractivity (Wildman–Crippen MR) is 114 cm³/mol. The van der Waals surface area contributed by atoms with Crippen LogP contribution < -0.4 is 0 Å². The minimum Gasteiger partial charge on any atom is -0.381 e. The molecule has 0 spiro atoms. The SMILES string of the molecule is CCOCCS(=O)(=O)c1ccc(-c2ccc(CCN3CCC[C@H]3C)cc2)cc1. The lowest BCUT2D eigenvalue weighted by atomic mass is 10.0. The van der Waals surface area contributed by atoms with E-state index in [0.29, 0.717) is 17.5 Å². The van der Waals surface area contributed by atoms with Crippen LogP contribution in [0, 0.1) is 0 Å². The van der Waals surface area contributed by atoms with E-state index >= 15 is 0 Å². The van der Waals surface area contributed by atoms with Gasteiger partial charge >= 0.3 is 0 Å². The quantitative estimate of drug-likeness (QED) is 0.591. The van der Waals surface area contributed by atoms with Crippen LogP contribution in [0.2, 0.25) is 0 Å². The molecule has 1 aliphatic heterocycles. The van der Waals surface area contributed by atoms with Crippen molar-refractivity contribution >= 4 is 9.84 Å². The van der Waals surface area contributed by atoms with Gasteiger partial charge in [0.05, 0.1) is 17.3 Å². The number of hydrogen-bond donors (Lipinski definition) is 0. The molecule has 0 aromatic heterocycles. The molecule has 0 unspecified atom stereocenters. The molecule has 0 amide bonds. The summed E-state index contributed by atoms with van der Waals surface area (Å²) in [5, 5.41) is 0. The highest BCUT2D eigenvalue weighted by molar-refractivity contribution is 7.91. The summed E-state index contributed by atoms with van der Waals surface area (Å²) in [7, 11) is -3.29. The highest BCUT2D eigenvalue weighted by Gasteiger charge is 2.19. The zero-order valence-electron chi connectivity index (χ0n) is 16.9. The Kier molecular flexibility index (Phi) is 7.27. The molecular weight excluding hydrogens is 370 g/mol. The number of benzene rings is 2. The number of nitrogens with zero attached hydrogens (tertiary/aromatic N) is 1. The standard InChI is InChI=1S/C23H31NO3S/c1-3-27-17-18-28(25,26)23-12-10-22(11-13-23)21-8-6-20(7-9-21)14-16-24-15-4-5-19(24)2/h6-13,19H,3-5,14-18H2,1-2H3/t19-/m1/s1. The molecule has 152 valence electrons. The van der Waals surface area contributed by atoms with Crippen LogP contribution in [0.25, 0.3) is 11.1 Å². The van der Waals surface area contributed by atoms with E-state index in [1.807, 2.05) is 19.1 Å². The van der Waals surface area contributed by atoms with Crippen LogP contribution in [0.1, 0.15) is 32.3 Å². The lowest BCUT2D eigenvalue weighted by Crippen LogP contribution is -2.28. The predicted octanol–water partition coefficient (Wildman–Crippen LogP) is 4.19. The summed E-state index contributed by atoms with van der Waals surface area (Å²) in [6.07, 6.45) is 3.70. The smallest absolute Gasteiger partial charge is 0.180 e. The van der Waals surface area contributed by atoms with Crippen molar-refractivity contribution in [1.29, 1.82) is 0 Å². The molecule has 4 nitrogen and oxygen atoms in total. The fourth-order valence-corrected chi connectivity index (χ4v) is 4.87. The Hall–Kier alpha value is -1.69. The van der Waals surface area contributed by atoms with E-state index in [-0.39, 0.29) is 12.4 Å². The summed E-state index contributed by atoms with van der Waals surface area (Å²) in [5.74, 6) is 0.0184. The van der Waals surface area contributed by atoms with Crippen molar-refractivity contribution < 1.29 is 13.2 Å². The normalized spacial score (nSPS) is 17.9. The van der Waals surface area contributed by atoms with Crippen LogP contribution in [-0.2, 0) is 21.0 Å². The first kappa shape index (κ1) is 21.0. The van der Waals surface area contributed by atoms with Crippen molar-refractivity contribution in [2.24, 2.45) is 0 Å². The van der Waals surface area contributed by atoms with Gasteiger partial charge in [0.15, 0.2) is 9.84 Å². The monoisotopic (exact) mass is 401 g/mol. The summed E-state index contributed by atoms with van der Waals surface area (Å²) in [6, 6.07) is 16.5. The maximum atomic E-state index is 12.3. The maximum Gasteiger partial charge on any atom is 0.180 e. The largest absolute Gasteiger partial charge is 0.381 e. The van der Waals surface area contributed by atoms with Crippen molar-refractivity contribution in [2.75, 3.05) is 32.1 Å². The average molecular weight is 402 g/mol. The van der Waals surface area contributed by atoms with Gasteiger partial charge in [0, 0.05) is 19.2 Å². The molecule has 1 fully saturated rings. The molecule has 1 heterocycles. The number of likely N-dealkylation sites (tertiary alicyclic amines) is 1. The molecule has 0 bridgehead atoms. The maximum absolute atomic E-state index is 12.3. The summed E-state index contributed by atoms with van der Waals surface area (Å²) in [6.45, 7) is 7.28. The van der Waals surface area contributed by atoms with Gasteiger partial charge in [0.2, 0.25) is 0 Å². The Labute approximate surface area is 169 Å². The molecule has 1 saturated heterocycles. The summed E-state index contributed by atoms with van der Waals surface area (Å²) in [5.41, 5.74) is 3.48. The van der Waals surface area contributed by atoms with Gasteiger partial charge in [-0.15, -0.1) is 0 Å². The van der Waals surface area contributed by atoms with Crippen LogP contribution in [0.15, 0.2) is 53.4 Å². The first-order valence-electron chi connectivity index (χ1n) is 10.2. The van der Waals surface area contributed by atoms with E-state index in [2.05, 4.69) is 36.1 Å². The van der Waals surface area contributed by atoms with E-state index in [1.54, 1.807) is 12.1 Å². The molecule has 5 heteroatoms. The molecule has 0 N–H and O–H groups in total. The molecule has 28 heavy (non-hydrogen) atoms. The first-order chi connectivity index (χ1) is 13.5. The average Bonchev–Trinajstić information content (AvgIpc) is 3.12. The van der Waals surface area contributed by atoms with Gasteiger partial charge in [-0.25, -0.2) is 8.42 Å². The van der Waals surface area contributed by atoms with Crippen molar-refractivity contribution in [3.63, 3.8) is 0 Å². The molecule has 2 aromatic rings. The van der Waals surface area contributed by atoms with Crippen LogP contribution in [0.4, 0.5) is 0 Å². The zero-order chi connectivity index (χ0) is 20.0. The van der Waals surface area contributed by atoms with Gasteiger partial charge in [0.1, 0.15) is 0 Å². The van der Waals surface area contributed by atoms with Gasteiger partial charge in [-0.3, -0.25) is 0 Å². The van der Waals surface area contributed by atoms with Crippen LogP contribution in [0.5, 0.6) is 0 Å². The first-order valence-corrected chi connectivity index (χ1v) is 11.9. The van der Waals surface area contributed by atoms with Crippen LogP contribution in [-0.4, -0.2) is 51.4 Å². The molecule has 0 aliphatic carbocycles.